The van der Waals surface area contributed by atoms with Gasteiger partial charge in [-0.1, -0.05) is 12.1 Å². The van der Waals surface area contributed by atoms with Gasteiger partial charge in [-0.05, 0) is 19.1 Å². The Balaban J connectivity index is 2.36. The average Bonchev–Trinajstić information content (AvgIpc) is 2.42. The standard InChI is InChI=1S/C9H11N3O2/c1-9(13,14)6-12-10-7-4-2-3-5-8(7)11-12/h2-5,13-14H,6H2,1H3. The van der Waals surface area contributed by atoms with Crippen LogP contribution in [0.5, 0.6) is 0 Å². The van der Waals surface area contributed by atoms with Crippen LogP contribution < -0.4 is 0 Å². The van der Waals surface area contributed by atoms with Crippen LogP contribution in [0.1, 0.15) is 6.92 Å². The van der Waals surface area contributed by atoms with Crippen LogP contribution in [-0.2, 0) is 6.54 Å². The van der Waals surface area contributed by atoms with E-state index in [4.69, 9.17) is 10.2 Å². The van der Waals surface area contributed by atoms with Gasteiger partial charge in [0.2, 0.25) is 0 Å². The van der Waals surface area contributed by atoms with E-state index in [9.17, 15) is 0 Å². The van der Waals surface area contributed by atoms with Crippen LogP contribution in [0.2, 0.25) is 0 Å². The Hall–Kier alpha value is -1.46. The summed E-state index contributed by atoms with van der Waals surface area (Å²) in [5.41, 5.74) is 1.49. The average molecular weight is 193 g/mol. The predicted molar refractivity (Wildman–Crippen MR) is 50.4 cm³/mol. The van der Waals surface area contributed by atoms with Crippen LogP contribution in [-0.4, -0.2) is 31.0 Å². The number of hydrogen-bond acceptors (Lipinski definition) is 4. The smallest absolute Gasteiger partial charge is 0.181 e. The molecule has 0 bridgehead atoms. The topological polar surface area (TPSA) is 71.2 Å². The molecule has 1 aromatic heterocycles. The fourth-order valence-electron chi connectivity index (χ4n) is 1.24. The lowest BCUT2D eigenvalue weighted by molar-refractivity contribution is -0.158. The molecule has 0 aliphatic carbocycles. The number of aromatic nitrogens is 3. The minimum Gasteiger partial charge on any atom is -0.364 e. The summed E-state index contributed by atoms with van der Waals surface area (Å²) in [6.07, 6.45) is 0. The van der Waals surface area contributed by atoms with E-state index in [1.807, 2.05) is 24.3 Å². The maximum absolute atomic E-state index is 9.15. The van der Waals surface area contributed by atoms with Crippen molar-refractivity contribution in [2.75, 3.05) is 0 Å². The third-order valence-corrected chi connectivity index (χ3v) is 1.77. The van der Waals surface area contributed by atoms with Gasteiger partial charge in [-0.3, -0.25) is 0 Å². The number of nitrogens with zero attached hydrogens (tertiary/aromatic N) is 3. The van der Waals surface area contributed by atoms with Gasteiger partial charge in [-0.15, -0.1) is 0 Å². The Morgan fingerprint density at radius 2 is 1.71 bits per heavy atom. The summed E-state index contributed by atoms with van der Waals surface area (Å²) in [5, 5.41) is 26.5. The highest BCUT2D eigenvalue weighted by Gasteiger charge is 2.17. The van der Waals surface area contributed by atoms with E-state index >= 15 is 0 Å². The van der Waals surface area contributed by atoms with Crippen molar-refractivity contribution < 1.29 is 10.2 Å². The first kappa shape index (κ1) is 9.11. The van der Waals surface area contributed by atoms with E-state index in [1.165, 1.54) is 11.7 Å². The summed E-state index contributed by atoms with van der Waals surface area (Å²) >= 11 is 0. The van der Waals surface area contributed by atoms with Crippen molar-refractivity contribution >= 4 is 11.0 Å². The first-order valence-corrected chi connectivity index (χ1v) is 4.29. The van der Waals surface area contributed by atoms with E-state index in [2.05, 4.69) is 10.2 Å². The molecule has 0 amide bonds. The van der Waals surface area contributed by atoms with Crippen molar-refractivity contribution in [1.29, 1.82) is 0 Å². The van der Waals surface area contributed by atoms with Gasteiger partial charge in [0.25, 0.3) is 0 Å². The molecule has 0 aliphatic heterocycles. The van der Waals surface area contributed by atoms with E-state index < -0.39 is 5.79 Å². The molecule has 1 aromatic carbocycles. The van der Waals surface area contributed by atoms with Crippen LogP contribution in [0.3, 0.4) is 0 Å². The number of rotatable bonds is 2. The second-order valence-corrected chi connectivity index (χ2v) is 3.44. The molecule has 2 rings (SSSR count). The van der Waals surface area contributed by atoms with Crippen LogP contribution >= 0.6 is 0 Å². The Labute approximate surface area is 80.6 Å². The Bertz CT molecular complexity index is 411. The highest BCUT2D eigenvalue weighted by Crippen LogP contribution is 2.08. The monoisotopic (exact) mass is 193 g/mol. The largest absolute Gasteiger partial charge is 0.364 e. The lowest BCUT2D eigenvalue weighted by Gasteiger charge is -2.13. The second kappa shape index (κ2) is 3.04. The van der Waals surface area contributed by atoms with Gasteiger partial charge in [0.1, 0.15) is 17.6 Å². The van der Waals surface area contributed by atoms with Gasteiger partial charge in [-0.25, -0.2) is 0 Å². The molecule has 0 saturated carbocycles. The van der Waals surface area contributed by atoms with Gasteiger partial charge in [0.15, 0.2) is 5.79 Å². The zero-order chi connectivity index (χ0) is 10.2. The molecule has 74 valence electrons. The van der Waals surface area contributed by atoms with E-state index in [0.29, 0.717) is 0 Å². The zero-order valence-electron chi connectivity index (χ0n) is 7.75. The third-order valence-electron chi connectivity index (χ3n) is 1.77. The van der Waals surface area contributed by atoms with Gasteiger partial charge in [0.05, 0.1) is 0 Å². The first-order chi connectivity index (χ1) is 6.54. The van der Waals surface area contributed by atoms with Crippen molar-refractivity contribution in [1.82, 2.24) is 15.0 Å². The summed E-state index contributed by atoms with van der Waals surface area (Å²) in [4.78, 5) is 1.28. The quantitative estimate of drug-likeness (QED) is 0.665. The van der Waals surface area contributed by atoms with Gasteiger partial charge < -0.3 is 10.2 Å². The third kappa shape index (κ3) is 1.89. The molecule has 0 radical (unpaired) electrons. The maximum Gasteiger partial charge on any atom is 0.181 e. The van der Waals surface area contributed by atoms with E-state index in [0.717, 1.165) is 11.0 Å². The molecule has 5 nitrogen and oxygen atoms in total. The van der Waals surface area contributed by atoms with E-state index in [-0.39, 0.29) is 6.54 Å². The lowest BCUT2D eigenvalue weighted by atomic mass is 10.3. The predicted octanol–water partition coefficient (Wildman–Crippen LogP) is 0.132. The van der Waals surface area contributed by atoms with Crippen molar-refractivity contribution in [3.8, 4) is 0 Å². The fourth-order valence-corrected chi connectivity index (χ4v) is 1.24. The fraction of sp³-hybridized carbons (Fsp3) is 0.333. The minimum atomic E-state index is -1.78. The van der Waals surface area contributed by atoms with Gasteiger partial charge in [0, 0.05) is 0 Å². The van der Waals surface area contributed by atoms with Crippen molar-refractivity contribution in [2.24, 2.45) is 0 Å². The molecule has 0 aliphatic rings. The van der Waals surface area contributed by atoms with Crippen LogP contribution in [0, 0.1) is 0 Å². The molecular weight excluding hydrogens is 182 g/mol. The molecule has 2 aromatic rings. The summed E-state index contributed by atoms with van der Waals surface area (Å²) in [7, 11) is 0. The number of fused-ring (bicyclic) bond motifs is 1. The SMILES string of the molecule is CC(O)(O)Cn1nc2ccccc2n1. The summed E-state index contributed by atoms with van der Waals surface area (Å²) in [6.45, 7) is 1.25. The van der Waals surface area contributed by atoms with Crippen LogP contribution in [0.25, 0.3) is 11.0 Å². The first-order valence-electron chi connectivity index (χ1n) is 4.29. The molecule has 0 saturated heterocycles. The van der Waals surface area contributed by atoms with Crippen LogP contribution in [0.4, 0.5) is 0 Å². The minimum absolute atomic E-state index is 0.0400. The second-order valence-electron chi connectivity index (χ2n) is 3.44. The highest BCUT2D eigenvalue weighted by atomic mass is 16.5. The normalized spacial score (nSPS) is 12.2. The molecule has 1 heterocycles. The molecule has 0 unspecified atom stereocenters. The Morgan fingerprint density at radius 1 is 1.21 bits per heavy atom. The highest BCUT2D eigenvalue weighted by molar-refractivity contribution is 5.72. The molecule has 5 heteroatoms. The number of hydrogen-bond donors (Lipinski definition) is 2. The molecule has 0 atom stereocenters. The van der Waals surface area contributed by atoms with Crippen molar-refractivity contribution in [3.63, 3.8) is 0 Å². The van der Waals surface area contributed by atoms with Crippen LogP contribution in [0.15, 0.2) is 24.3 Å². The Morgan fingerprint density at radius 3 is 2.14 bits per heavy atom. The Kier molecular flexibility index (Phi) is 1.98. The summed E-state index contributed by atoms with van der Waals surface area (Å²) in [6, 6.07) is 7.37. The van der Waals surface area contributed by atoms with Crippen molar-refractivity contribution in [2.45, 2.75) is 19.3 Å². The van der Waals surface area contributed by atoms with E-state index in [1.54, 1.807) is 0 Å². The number of benzene rings is 1. The molecule has 0 fully saturated rings. The molecular formula is C9H11N3O2. The summed E-state index contributed by atoms with van der Waals surface area (Å²) < 4.78 is 0. The van der Waals surface area contributed by atoms with Gasteiger partial charge in [-0.2, -0.15) is 15.0 Å². The maximum atomic E-state index is 9.15. The zero-order valence-corrected chi connectivity index (χ0v) is 7.75. The van der Waals surface area contributed by atoms with Gasteiger partial charge >= 0.3 is 0 Å². The molecule has 14 heavy (non-hydrogen) atoms. The molecule has 2 N–H and O–H groups in total. The number of aliphatic hydroxyl groups is 2. The molecule has 0 spiro atoms. The lowest BCUT2D eigenvalue weighted by Crippen LogP contribution is -2.30. The summed E-state index contributed by atoms with van der Waals surface area (Å²) in [5.74, 6) is -1.78. The van der Waals surface area contributed by atoms with Crippen molar-refractivity contribution in [3.05, 3.63) is 24.3 Å².